The number of nitrogens with one attached hydrogen (secondary N) is 1. The Morgan fingerprint density at radius 1 is 1.19 bits per heavy atom. The first-order valence-electron chi connectivity index (χ1n) is 5.86. The van der Waals surface area contributed by atoms with Crippen LogP contribution in [0.4, 0.5) is 4.79 Å². The zero-order valence-corrected chi connectivity index (χ0v) is 10.0. The number of aliphatic hydroxyl groups excluding tert-OH is 1. The van der Waals surface area contributed by atoms with E-state index in [0.29, 0.717) is 6.61 Å². The van der Waals surface area contributed by atoms with E-state index in [2.05, 4.69) is 10.5 Å². The quantitative estimate of drug-likeness (QED) is 0.319. The smallest absolute Gasteiger partial charge is 0.332 e. The highest BCUT2D eigenvalue weighted by Gasteiger charge is 1.95. The molecule has 0 aliphatic heterocycles. The molecule has 0 saturated heterocycles. The van der Waals surface area contributed by atoms with E-state index in [-0.39, 0.29) is 0 Å². The van der Waals surface area contributed by atoms with E-state index >= 15 is 0 Å². The van der Waals surface area contributed by atoms with Gasteiger partial charge in [-0.2, -0.15) is 5.10 Å². The van der Waals surface area contributed by atoms with Crippen molar-refractivity contribution in [2.45, 2.75) is 51.9 Å². The van der Waals surface area contributed by atoms with Crippen LogP contribution in [0.3, 0.4) is 0 Å². The van der Waals surface area contributed by atoms with Crippen molar-refractivity contribution in [2.24, 2.45) is 10.8 Å². The predicted octanol–water partition coefficient (Wildman–Crippen LogP) is 1.75. The average Bonchev–Trinajstić information content (AvgIpc) is 2.25. The van der Waals surface area contributed by atoms with Crippen LogP contribution in [-0.2, 0) is 0 Å². The summed E-state index contributed by atoms with van der Waals surface area (Å²) in [7, 11) is 0. The van der Waals surface area contributed by atoms with Crippen molar-refractivity contribution < 1.29 is 9.90 Å². The predicted molar refractivity (Wildman–Crippen MR) is 65.2 cm³/mol. The number of hydrazone groups is 1. The minimum Gasteiger partial charge on any atom is -0.396 e. The molecule has 0 saturated carbocycles. The molecule has 0 aliphatic rings. The molecule has 0 radical (unpaired) electrons. The zero-order chi connectivity index (χ0) is 12.2. The lowest BCUT2D eigenvalue weighted by Gasteiger charge is -2.01. The van der Waals surface area contributed by atoms with Crippen LogP contribution in [-0.4, -0.2) is 23.5 Å². The van der Waals surface area contributed by atoms with E-state index in [9.17, 15) is 4.79 Å². The molecule has 16 heavy (non-hydrogen) atoms. The lowest BCUT2D eigenvalue weighted by Crippen LogP contribution is -2.25. The molecule has 5 heteroatoms. The topological polar surface area (TPSA) is 87.7 Å². The Balaban J connectivity index is 3.30. The number of aliphatic hydroxyl groups is 1. The molecule has 94 valence electrons. The van der Waals surface area contributed by atoms with Gasteiger partial charge in [-0.25, -0.2) is 10.2 Å². The molecule has 0 atom stereocenters. The third-order valence-corrected chi connectivity index (χ3v) is 2.30. The number of unbranched alkanes of at least 4 members (excludes halogenated alkanes) is 5. The fourth-order valence-electron chi connectivity index (χ4n) is 1.41. The molecule has 0 bridgehead atoms. The third kappa shape index (κ3) is 11.0. The summed E-state index contributed by atoms with van der Waals surface area (Å²) in [5.74, 6) is 0. The molecule has 4 N–H and O–H groups in total. The number of amides is 2. The maximum Gasteiger partial charge on any atom is 0.332 e. The van der Waals surface area contributed by atoms with Crippen molar-refractivity contribution in [3.63, 3.8) is 0 Å². The van der Waals surface area contributed by atoms with Gasteiger partial charge in [0.2, 0.25) is 0 Å². The third-order valence-electron chi connectivity index (χ3n) is 2.30. The lowest BCUT2D eigenvalue weighted by molar-refractivity contribution is 0.249. The van der Waals surface area contributed by atoms with Crippen LogP contribution in [0.25, 0.3) is 0 Å². The van der Waals surface area contributed by atoms with E-state index in [1.807, 2.05) is 6.92 Å². The molecule has 0 aromatic rings. The van der Waals surface area contributed by atoms with Crippen LogP contribution in [0, 0.1) is 0 Å². The second-order valence-electron chi connectivity index (χ2n) is 3.92. The molecule has 0 heterocycles. The second kappa shape index (κ2) is 10.4. The zero-order valence-electron chi connectivity index (χ0n) is 10.0. The van der Waals surface area contributed by atoms with Crippen molar-refractivity contribution in [1.29, 1.82) is 0 Å². The fraction of sp³-hybridized carbons (Fsp3) is 0.818. The molecule has 0 unspecified atom stereocenters. The molecule has 5 nitrogen and oxygen atoms in total. The fourth-order valence-corrected chi connectivity index (χ4v) is 1.41. The highest BCUT2D eigenvalue weighted by Crippen LogP contribution is 2.07. The first-order chi connectivity index (χ1) is 7.66. The number of nitrogens with zero attached hydrogens (tertiary/aromatic N) is 1. The lowest BCUT2D eigenvalue weighted by atomic mass is 10.1. The normalized spacial score (nSPS) is 11.5. The van der Waals surface area contributed by atoms with Crippen molar-refractivity contribution in [1.82, 2.24) is 5.43 Å². The van der Waals surface area contributed by atoms with Crippen LogP contribution in [0.2, 0.25) is 0 Å². The summed E-state index contributed by atoms with van der Waals surface area (Å²) in [5, 5.41) is 12.4. The van der Waals surface area contributed by atoms with E-state index in [1.165, 1.54) is 12.8 Å². The summed E-state index contributed by atoms with van der Waals surface area (Å²) >= 11 is 0. The molecule has 0 fully saturated rings. The van der Waals surface area contributed by atoms with Crippen LogP contribution >= 0.6 is 0 Å². The molecular formula is C11H23N3O2. The number of primary amides is 1. The number of urea groups is 1. The Kier molecular flexibility index (Phi) is 9.70. The first-order valence-corrected chi connectivity index (χ1v) is 5.86. The van der Waals surface area contributed by atoms with E-state index in [4.69, 9.17) is 10.8 Å². The van der Waals surface area contributed by atoms with Gasteiger partial charge in [0.1, 0.15) is 0 Å². The van der Waals surface area contributed by atoms with Crippen LogP contribution < -0.4 is 11.2 Å². The highest BCUT2D eigenvalue weighted by molar-refractivity contribution is 5.83. The SMILES string of the molecule is CC(CCCCCCCCO)=NNC(N)=O. The number of hydrogen-bond donors (Lipinski definition) is 3. The molecule has 0 aromatic heterocycles. The van der Waals surface area contributed by atoms with Gasteiger partial charge in [0, 0.05) is 12.3 Å². The molecule has 0 aromatic carbocycles. The van der Waals surface area contributed by atoms with Gasteiger partial charge in [0.25, 0.3) is 0 Å². The van der Waals surface area contributed by atoms with Crippen molar-refractivity contribution in [3.05, 3.63) is 0 Å². The Morgan fingerprint density at radius 2 is 1.75 bits per heavy atom. The molecule has 0 spiro atoms. The standard InChI is InChI=1S/C11H23N3O2/c1-10(13-14-11(12)16)8-6-4-2-3-5-7-9-15/h15H,2-9H2,1H3,(H3,12,14,16). The monoisotopic (exact) mass is 229 g/mol. The summed E-state index contributed by atoms with van der Waals surface area (Å²) in [4.78, 5) is 10.4. The second-order valence-corrected chi connectivity index (χ2v) is 3.92. The Morgan fingerprint density at radius 3 is 2.31 bits per heavy atom. The largest absolute Gasteiger partial charge is 0.396 e. The van der Waals surface area contributed by atoms with Gasteiger partial charge in [-0.15, -0.1) is 0 Å². The van der Waals surface area contributed by atoms with Gasteiger partial charge in [0.15, 0.2) is 0 Å². The van der Waals surface area contributed by atoms with Crippen molar-refractivity contribution in [3.8, 4) is 0 Å². The maximum atomic E-state index is 10.4. The number of nitrogens with two attached hydrogens (primary N) is 1. The van der Waals surface area contributed by atoms with Gasteiger partial charge in [-0.05, 0) is 26.2 Å². The van der Waals surface area contributed by atoms with E-state index in [1.54, 1.807) is 0 Å². The molecule has 2 amide bonds. The van der Waals surface area contributed by atoms with Crippen molar-refractivity contribution >= 4 is 11.7 Å². The minimum absolute atomic E-state index is 0.296. The Bertz CT molecular complexity index is 217. The number of carbonyl (C=O) groups is 1. The van der Waals surface area contributed by atoms with Gasteiger partial charge < -0.3 is 10.8 Å². The summed E-state index contributed by atoms with van der Waals surface area (Å²) < 4.78 is 0. The summed E-state index contributed by atoms with van der Waals surface area (Å²) in [6.45, 7) is 2.17. The summed E-state index contributed by atoms with van der Waals surface area (Å²) in [6.07, 6.45) is 7.51. The van der Waals surface area contributed by atoms with Crippen LogP contribution in [0.5, 0.6) is 0 Å². The summed E-state index contributed by atoms with van der Waals surface area (Å²) in [5.41, 5.74) is 8.00. The van der Waals surface area contributed by atoms with Gasteiger partial charge >= 0.3 is 6.03 Å². The van der Waals surface area contributed by atoms with Gasteiger partial charge in [-0.3, -0.25) is 0 Å². The average molecular weight is 229 g/mol. The van der Waals surface area contributed by atoms with Gasteiger partial charge in [0.05, 0.1) is 0 Å². The number of carbonyl (C=O) groups excluding carboxylic acids is 1. The number of hydrogen-bond acceptors (Lipinski definition) is 3. The molecule has 0 aliphatic carbocycles. The van der Waals surface area contributed by atoms with Crippen LogP contribution in [0.15, 0.2) is 5.10 Å². The minimum atomic E-state index is -0.622. The molecular weight excluding hydrogens is 206 g/mol. The van der Waals surface area contributed by atoms with Crippen molar-refractivity contribution in [2.75, 3.05) is 6.61 Å². The van der Waals surface area contributed by atoms with Crippen LogP contribution in [0.1, 0.15) is 51.9 Å². The Hall–Kier alpha value is -1.10. The Labute approximate surface area is 97.1 Å². The first kappa shape index (κ1) is 14.9. The number of rotatable bonds is 9. The van der Waals surface area contributed by atoms with E-state index in [0.717, 1.165) is 37.8 Å². The summed E-state index contributed by atoms with van der Waals surface area (Å²) in [6, 6.07) is -0.622. The highest BCUT2D eigenvalue weighted by atomic mass is 16.2. The molecule has 0 rings (SSSR count). The van der Waals surface area contributed by atoms with Gasteiger partial charge in [-0.1, -0.05) is 25.7 Å². The maximum absolute atomic E-state index is 10.4. The van der Waals surface area contributed by atoms with E-state index < -0.39 is 6.03 Å².